The third kappa shape index (κ3) is 3.39. The average molecular weight is 278 g/mol. The normalized spacial score (nSPS) is 11.0. The van der Waals surface area contributed by atoms with Gasteiger partial charge in [0.15, 0.2) is 0 Å². The highest BCUT2D eigenvalue weighted by molar-refractivity contribution is 7.99. The summed E-state index contributed by atoms with van der Waals surface area (Å²) in [4.78, 5) is 6.51. The molecule has 0 aliphatic carbocycles. The zero-order valence-corrected chi connectivity index (χ0v) is 11.7. The van der Waals surface area contributed by atoms with Crippen LogP contribution in [0.2, 0.25) is 0 Å². The van der Waals surface area contributed by atoms with Gasteiger partial charge in [0.2, 0.25) is 0 Å². The molecule has 0 aliphatic heterocycles. The lowest BCUT2D eigenvalue weighted by molar-refractivity contribution is 1.14. The summed E-state index contributed by atoms with van der Waals surface area (Å²) in [5, 5.41) is 0. The fourth-order valence-corrected chi connectivity index (χ4v) is 2.64. The molecule has 1 heterocycles. The Morgan fingerprint density at radius 1 is 0.900 bits per heavy atom. The third-order valence-electron chi connectivity index (χ3n) is 2.82. The van der Waals surface area contributed by atoms with E-state index in [1.54, 1.807) is 24.3 Å². The molecule has 0 unspecified atom stereocenters. The lowest BCUT2D eigenvalue weighted by Crippen LogP contribution is -1.79. The van der Waals surface area contributed by atoms with Crippen LogP contribution >= 0.6 is 11.8 Å². The second-order valence-electron chi connectivity index (χ2n) is 4.31. The zero-order chi connectivity index (χ0) is 13.6. The minimum absolute atomic E-state index is 1.18. The largest absolute Gasteiger partial charge is 0.313 e. The summed E-state index contributed by atoms with van der Waals surface area (Å²) in [5.41, 5.74) is 1.18. The number of benzene rings is 2. The molecule has 0 spiro atoms. The Balaban J connectivity index is 1.68. The monoisotopic (exact) mass is 278 g/mol. The number of rotatable bonds is 4. The molecular weight excluding hydrogens is 264 g/mol. The number of nitrogens with zero attached hydrogens (tertiary/aromatic N) is 2. The SMILES string of the molecule is C(=Cn1ccnc1)c1ccc(Sc2ccccc2)cc1. The minimum Gasteiger partial charge on any atom is -0.313 e. The van der Waals surface area contributed by atoms with Gasteiger partial charge in [0.25, 0.3) is 0 Å². The average Bonchev–Trinajstić information content (AvgIpc) is 3.01. The molecule has 2 aromatic carbocycles. The van der Waals surface area contributed by atoms with E-state index in [0.717, 1.165) is 0 Å². The van der Waals surface area contributed by atoms with E-state index >= 15 is 0 Å². The summed E-state index contributed by atoms with van der Waals surface area (Å²) >= 11 is 1.77. The van der Waals surface area contributed by atoms with Gasteiger partial charge < -0.3 is 4.57 Å². The third-order valence-corrected chi connectivity index (χ3v) is 3.84. The standard InChI is InChI=1S/C17H14N2S/c1-2-4-16(5-3-1)20-17-8-6-15(7-9-17)10-12-19-13-11-18-14-19/h1-14H. The molecule has 0 amide bonds. The summed E-state index contributed by atoms with van der Waals surface area (Å²) in [6, 6.07) is 18.9. The van der Waals surface area contributed by atoms with E-state index in [1.807, 2.05) is 23.0 Å². The Bertz CT molecular complexity index is 671. The van der Waals surface area contributed by atoms with Crippen LogP contribution in [-0.2, 0) is 0 Å². The molecule has 3 heteroatoms. The summed E-state index contributed by atoms with van der Waals surface area (Å²) in [5.74, 6) is 0. The molecule has 0 fully saturated rings. The van der Waals surface area contributed by atoms with Crippen LogP contribution in [0.25, 0.3) is 12.3 Å². The molecule has 0 N–H and O–H groups in total. The van der Waals surface area contributed by atoms with Crippen molar-refractivity contribution in [1.82, 2.24) is 9.55 Å². The smallest absolute Gasteiger partial charge is 0.0986 e. The van der Waals surface area contributed by atoms with Crippen LogP contribution in [0.3, 0.4) is 0 Å². The second-order valence-corrected chi connectivity index (χ2v) is 5.46. The highest BCUT2D eigenvalue weighted by Crippen LogP contribution is 2.27. The van der Waals surface area contributed by atoms with Gasteiger partial charge in [-0.05, 0) is 35.9 Å². The maximum absolute atomic E-state index is 4.00. The van der Waals surface area contributed by atoms with Crippen LogP contribution < -0.4 is 0 Å². The lowest BCUT2D eigenvalue weighted by Gasteiger charge is -2.02. The Hall–Kier alpha value is -2.26. The van der Waals surface area contributed by atoms with E-state index in [-0.39, 0.29) is 0 Å². The molecule has 98 valence electrons. The van der Waals surface area contributed by atoms with Crippen LogP contribution in [0.4, 0.5) is 0 Å². The molecule has 0 aliphatic rings. The number of aromatic nitrogens is 2. The fraction of sp³-hybridized carbons (Fsp3) is 0. The van der Waals surface area contributed by atoms with Crippen molar-refractivity contribution in [1.29, 1.82) is 0 Å². The predicted octanol–water partition coefficient (Wildman–Crippen LogP) is 4.66. The summed E-state index contributed by atoms with van der Waals surface area (Å²) in [7, 11) is 0. The van der Waals surface area contributed by atoms with Gasteiger partial charge in [0, 0.05) is 28.4 Å². The van der Waals surface area contributed by atoms with Crippen molar-refractivity contribution in [3.05, 3.63) is 78.9 Å². The summed E-state index contributed by atoms with van der Waals surface area (Å²) < 4.78 is 1.92. The van der Waals surface area contributed by atoms with E-state index in [4.69, 9.17) is 0 Å². The van der Waals surface area contributed by atoms with Gasteiger partial charge in [0.05, 0.1) is 6.33 Å². The van der Waals surface area contributed by atoms with Crippen molar-refractivity contribution in [3.8, 4) is 0 Å². The van der Waals surface area contributed by atoms with Crippen LogP contribution in [0.1, 0.15) is 5.56 Å². The molecular formula is C17H14N2S. The maximum atomic E-state index is 4.00. The Kier molecular flexibility index (Phi) is 3.99. The quantitative estimate of drug-likeness (QED) is 0.690. The minimum atomic E-state index is 1.18. The predicted molar refractivity (Wildman–Crippen MR) is 84.5 cm³/mol. The van der Waals surface area contributed by atoms with Gasteiger partial charge in [-0.25, -0.2) is 4.98 Å². The molecule has 3 rings (SSSR count). The van der Waals surface area contributed by atoms with Crippen molar-refractivity contribution in [2.75, 3.05) is 0 Å². The van der Waals surface area contributed by atoms with Crippen LogP contribution in [-0.4, -0.2) is 9.55 Å². The van der Waals surface area contributed by atoms with Crippen LogP contribution in [0.15, 0.2) is 83.1 Å². The Morgan fingerprint density at radius 2 is 1.65 bits per heavy atom. The first-order valence-electron chi connectivity index (χ1n) is 6.39. The first-order valence-corrected chi connectivity index (χ1v) is 7.20. The highest BCUT2D eigenvalue weighted by Gasteiger charge is 1.96. The molecule has 0 saturated carbocycles. The highest BCUT2D eigenvalue weighted by atomic mass is 32.2. The van der Waals surface area contributed by atoms with E-state index in [9.17, 15) is 0 Å². The van der Waals surface area contributed by atoms with Crippen LogP contribution in [0.5, 0.6) is 0 Å². The Labute approximate surface area is 122 Å². The van der Waals surface area contributed by atoms with Gasteiger partial charge in [-0.1, -0.05) is 42.1 Å². The van der Waals surface area contributed by atoms with Gasteiger partial charge in [-0.3, -0.25) is 0 Å². The van der Waals surface area contributed by atoms with Crippen molar-refractivity contribution >= 4 is 24.0 Å². The number of imidazole rings is 1. The molecule has 20 heavy (non-hydrogen) atoms. The zero-order valence-electron chi connectivity index (χ0n) is 10.9. The first-order chi connectivity index (χ1) is 9.90. The lowest BCUT2D eigenvalue weighted by atomic mass is 10.2. The molecule has 1 aromatic heterocycles. The molecule has 0 atom stereocenters. The molecule has 0 saturated heterocycles. The van der Waals surface area contributed by atoms with Gasteiger partial charge in [-0.15, -0.1) is 0 Å². The van der Waals surface area contributed by atoms with Gasteiger partial charge in [-0.2, -0.15) is 0 Å². The van der Waals surface area contributed by atoms with Crippen molar-refractivity contribution in [3.63, 3.8) is 0 Å². The number of hydrogen-bond acceptors (Lipinski definition) is 2. The van der Waals surface area contributed by atoms with E-state index < -0.39 is 0 Å². The molecule has 3 aromatic rings. The summed E-state index contributed by atoms with van der Waals surface area (Å²) in [6.45, 7) is 0. The maximum Gasteiger partial charge on any atom is 0.0986 e. The topological polar surface area (TPSA) is 17.8 Å². The fourth-order valence-electron chi connectivity index (χ4n) is 1.80. The van der Waals surface area contributed by atoms with Crippen molar-refractivity contribution in [2.24, 2.45) is 0 Å². The van der Waals surface area contributed by atoms with Crippen LogP contribution in [0, 0.1) is 0 Å². The second kappa shape index (κ2) is 6.26. The van der Waals surface area contributed by atoms with E-state index in [1.165, 1.54) is 15.4 Å². The summed E-state index contributed by atoms with van der Waals surface area (Å²) in [6.07, 6.45) is 9.52. The first kappa shape index (κ1) is 12.8. The van der Waals surface area contributed by atoms with Crippen molar-refractivity contribution in [2.45, 2.75) is 9.79 Å². The molecule has 2 nitrogen and oxygen atoms in total. The number of hydrogen-bond donors (Lipinski definition) is 0. The van der Waals surface area contributed by atoms with Gasteiger partial charge in [0.1, 0.15) is 0 Å². The van der Waals surface area contributed by atoms with E-state index in [2.05, 4.69) is 59.6 Å². The Morgan fingerprint density at radius 3 is 2.35 bits per heavy atom. The van der Waals surface area contributed by atoms with E-state index in [0.29, 0.717) is 0 Å². The van der Waals surface area contributed by atoms with Gasteiger partial charge >= 0.3 is 0 Å². The van der Waals surface area contributed by atoms with Crippen molar-refractivity contribution < 1.29 is 0 Å². The molecule has 0 bridgehead atoms. The molecule has 0 radical (unpaired) electrons.